The van der Waals surface area contributed by atoms with Gasteiger partial charge in [-0.3, -0.25) is 14.3 Å². The van der Waals surface area contributed by atoms with Crippen LogP contribution in [-0.4, -0.2) is 41.9 Å². The number of nitrogens with zero attached hydrogens (tertiary/aromatic N) is 2. The number of methoxy groups -OCH3 is 1. The summed E-state index contributed by atoms with van der Waals surface area (Å²) in [5.41, 5.74) is 7.13. The van der Waals surface area contributed by atoms with Gasteiger partial charge in [-0.2, -0.15) is 5.10 Å². The van der Waals surface area contributed by atoms with E-state index in [0.29, 0.717) is 18.8 Å². The Morgan fingerprint density at radius 2 is 2.08 bits per heavy atom. The second-order valence-corrected chi connectivity index (χ2v) is 5.15. The summed E-state index contributed by atoms with van der Waals surface area (Å²) in [6.45, 7) is 0.944. The van der Waals surface area contributed by atoms with Crippen molar-refractivity contribution in [1.29, 1.82) is 0 Å². The molecule has 1 atom stereocenters. The maximum absolute atomic E-state index is 12.2. The van der Waals surface area contributed by atoms with E-state index in [-0.39, 0.29) is 18.4 Å². The highest BCUT2D eigenvalue weighted by atomic mass is 16.5. The average molecular weight is 331 g/mol. The van der Waals surface area contributed by atoms with Crippen LogP contribution in [0.5, 0.6) is 0 Å². The van der Waals surface area contributed by atoms with Gasteiger partial charge in [0.15, 0.2) is 0 Å². The van der Waals surface area contributed by atoms with Crippen LogP contribution in [0.25, 0.3) is 0 Å². The first-order chi connectivity index (χ1) is 11.6. The normalized spacial score (nSPS) is 11.8. The largest absolute Gasteiger partial charge is 0.383 e. The predicted molar refractivity (Wildman–Crippen MR) is 89.1 cm³/mol. The number of anilines is 1. The molecule has 8 nitrogen and oxygen atoms in total. The van der Waals surface area contributed by atoms with E-state index in [0.717, 1.165) is 5.56 Å². The van der Waals surface area contributed by atoms with Crippen LogP contribution in [-0.2, 0) is 20.9 Å². The molecule has 0 bridgehead atoms. The second-order valence-electron chi connectivity index (χ2n) is 5.15. The third kappa shape index (κ3) is 5.18. The minimum Gasteiger partial charge on any atom is -0.383 e. The van der Waals surface area contributed by atoms with Crippen molar-refractivity contribution in [3.8, 4) is 0 Å². The van der Waals surface area contributed by atoms with Gasteiger partial charge in [-0.1, -0.05) is 30.3 Å². The van der Waals surface area contributed by atoms with Gasteiger partial charge in [0.05, 0.1) is 18.5 Å². The highest BCUT2D eigenvalue weighted by Gasteiger charge is 2.16. The minimum atomic E-state index is -0.771. The lowest BCUT2D eigenvalue weighted by Crippen LogP contribution is -2.30. The number of ether oxygens (including phenoxy) is 1. The number of benzene rings is 1. The molecule has 2 aromatic rings. The SMILES string of the molecule is COCCNC(=O)Cn1cc(NC(=O)C(N)c2ccccc2)cn1. The monoisotopic (exact) mass is 331 g/mol. The molecule has 0 radical (unpaired) electrons. The second kappa shape index (κ2) is 8.80. The quantitative estimate of drug-likeness (QED) is 0.602. The maximum atomic E-state index is 12.2. The third-order valence-electron chi connectivity index (χ3n) is 3.28. The van der Waals surface area contributed by atoms with E-state index in [9.17, 15) is 9.59 Å². The van der Waals surface area contributed by atoms with E-state index in [2.05, 4.69) is 15.7 Å². The summed E-state index contributed by atoms with van der Waals surface area (Å²) < 4.78 is 6.29. The average Bonchev–Trinajstić information content (AvgIpc) is 3.02. The Balaban J connectivity index is 1.87. The zero-order chi connectivity index (χ0) is 17.4. The van der Waals surface area contributed by atoms with Gasteiger partial charge in [0.1, 0.15) is 12.6 Å². The highest BCUT2D eigenvalue weighted by Crippen LogP contribution is 2.13. The van der Waals surface area contributed by atoms with Crippen molar-refractivity contribution in [1.82, 2.24) is 15.1 Å². The number of hydrogen-bond donors (Lipinski definition) is 3. The Kier molecular flexibility index (Phi) is 6.47. The van der Waals surface area contributed by atoms with Crippen molar-refractivity contribution >= 4 is 17.5 Å². The van der Waals surface area contributed by atoms with Crippen molar-refractivity contribution in [2.45, 2.75) is 12.6 Å². The van der Waals surface area contributed by atoms with Crippen LogP contribution in [0.2, 0.25) is 0 Å². The van der Waals surface area contributed by atoms with Crippen LogP contribution in [0.4, 0.5) is 5.69 Å². The summed E-state index contributed by atoms with van der Waals surface area (Å²) in [7, 11) is 1.56. The lowest BCUT2D eigenvalue weighted by atomic mass is 10.1. The van der Waals surface area contributed by atoms with E-state index in [1.807, 2.05) is 18.2 Å². The van der Waals surface area contributed by atoms with Crippen molar-refractivity contribution in [3.05, 3.63) is 48.3 Å². The fourth-order valence-corrected chi connectivity index (χ4v) is 2.04. The van der Waals surface area contributed by atoms with E-state index in [4.69, 9.17) is 10.5 Å². The van der Waals surface area contributed by atoms with Crippen LogP contribution in [0.1, 0.15) is 11.6 Å². The summed E-state index contributed by atoms with van der Waals surface area (Å²) in [4.78, 5) is 23.8. The molecule has 4 N–H and O–H groups in total. The first kappa shape index (κ1) is 17.6. The molecule has 1 aromatic carbocycles. The van der Waals surface area contributed by atoms with Crippen LogP contribution < -0.4 is 16.4 Å². The molecule has 0 aliphatic rings. The summed E-state index contributed by atoms with van der Waals surface area (Å²) >= 11 is 0. The van der Waals surface area contributed by atoms with Crippen LogP contribution in [0.3, 0.4) is 0 Å². The number of carbonyl (C=O) groups is 2. The lowest BCUT2D eigenvalue weighted by Gasteiger charge is -2.11. The number of hydrogen-bond acceptors (Lipinski definition) is 5. The molecule has 0 fully saturated rings. The number of nitrogens with two attached hydrogens (primary N) is 1. The molecule has 0 saturated carbocycles. The predicted octanol–water partition coefficient (Wildman–Crippen LogP) is 0.284. The smallest absolute Gasteiger partial charge is 0.245 e. The van der Waals surface area contributed by atoms with Gasteiger partial charge in [-0.15, -0.1) is 0 Å². The third-order valence-corrected chi connectivity index (χ3v) is 3.28. The maximum Gasteiger partial charge on any atom is 0.245 e. The van der Waals surface area contributed by atoms with E-state index in [1.54, 1.807) is 25.4 Å². The standard InChI is InChI=1S/C16H21N5O3/c1-24-8-7-18-14(22)11-21-10-13(9-19-21)20-16(23)15(17)12-5-3-2-4-6-12/h2-6,9-10,15H,7-8,11,17H2,1H3,(H,18,22)(H,20,23). The lowest BCUT2D eigenvalue weighted by molar-refractivity contribution is -0.122. The van der Waals surface area contributed by atoms with Crippen molar-refractivity contribution in [3.63, 3.8) is 0 Å². The highest BCUT2D eigenvalue weighted by molar-refractivity contribution is 5.95. The molecule has 1 unspecified atom stereocenters. The van der Waals surface area contributed by atoms with Gasteiger partial charge in [0.25, 0.3) is 0 Å². The van der Waals surface area contributed by atoms with E-state index < -0.39 is 6.04 Å². The topological polar surface area (TPSA) is 111 Å². The van der Waals surface area contributed by atoms with E-state index in [1.165, 1.54) is 10.9 Å². The molecule has 2 amide bonds. The first-order valence-corrected chi connectivity index (χ1v) is 7.49. The van der Waals surface area contributed by atoms with Gasteiger partial charge in [0.2, 0.25) is 11.8 Å². The molecular formula is C16H21N5O3. The Morgan fingerprint density at radius 1 is 1.33 bits per heavy atom. The first-order valence-electron chi connectivity index (χ1n) is 7.49. The zero-order valence-electron chi connectivity index (χ0n) is 13.4. The molecule has 0 saturated heterocycles. The van der Waals surface area contributed by atoms with Crippen LogP contribution >= 0.6 is 0 Å². The van der Waals surface area contributed by atoms with Crippen molar-refractivity contribution in [2.75, 3.05) is 25.6 Å². The molecule has 1 heterocycles. The summed E-state index contributed by atoms with van der Waals surface area (Å²) in [6, 6.07) is 8.31. The number of aromatic nitrogens is 2. The van der Waals surface area contributed by atoms with Gasteiger partial charge >= 0.3 is 0 Å². The molecule has 2 rings (SSSR count). The van der Waals surface area contributed by atoms with E-state index >= 15 is 0 Å². The van der Waals surface area contributed by atoms with Crippen LogP contribution in [0, 0.1) is 0 Å². The number of amides is 2. The molecule has 24 heavy (non-hydrogen) atoms. The number of rotatable bonds is 8. The van der Waals surface area contributed by atoms with Gasteiger partial charge < -0.3 is 21.1 Å². The molecular weight excluding hydrogens is 310 g/mol. The number of carbonyl (C=O) groups excluding carboxylic acids is 2. The van der Waals surface area contributed by atoms with Gasteiger partial charge in [-0.25, -0.2) is 0 Å². The molecule has 8 heteroatoms. The summed E-state index contributed by atoms with van der Waals surface area (Å²) in [5.74, 6) is -0.528. The molecule has 0 aliphatic heterocycles. The Morgan fingerprint density at radius 3 is 2.79 bits per heavy atom. The molecule has 0 aliphatic carbocycles. The molecule has 0 spiro atoms. The fourth-order valence-electron chi connectivity index (χ4n) is 2.04. The van der Waals surface area contributed by atoms with Crippen molar-refractivity contribution in [2.24, 2.45) is 5.73 Å². The summed E-state index contributed by atoms with van der Waals surface area (Å²) in [5, 5.41) is 9.42. The van der Waals surface area contributed by atoms with Gasteiger partial charge in [-0.05, 0) is 5.56 Å². The zero-order valence-corrected chi connectivity index (χ0v) is 13.4. The Bertz CT molecular complexity index is 671. The Labute approximate surface area is 140 Å². The molecule has 128 valence electrons. The number of nitrogens with one attached hydrogen (secondary N) is 2. The van der Waals surface area contributed by atoms with Crippen molar-refractivity contribution < 1.29 is 14.3 Å². The van der Waals surface area contributed by atoms with Gasteiger partial charge in [0, 0.05) is 19.9 Å². The minimum absolute atomic E-state index is 0.0598. The molecule has 1 aromatic heterocycles. The Hall–Kier alpha value is -2.71. The fraction of sp³-hybridized carbons (Fsp3) is 0.312. The summed E-state index contributed by atoms with van der Waals surface area (Å²) in [6.07, 6.45) is 3.05. The van der Waals surface area contributed by atoms with Crippen LogP contribution in [0.15, 0.2) is 42.7 Å².